The van der Waals surface area contributed by atoms with Crippen molar-refractivity contribution in [2.24, 2.45) is 0 Å². The lowest BCUT2D eigenvalue weighted by Gasteiger charge is -2.33. The monoisotopic (exact) mass is 351 g/mol. The van der Waals surface area contributed by atoms with Gasteiger partial charge in [0.05, 0.1) is 5.69 Å². The summed E-state index contributed by atoms with van der Waals surface area (Å²) < 4.78 is 1.85. The van der Waals surface area contributed by atoms with E-state index < -0.39 is 0 Å². The number of anilines is 1. The molecule has 1 amide bonds. The molecule has 126 valence electrons. The molecule has 1 aromatic heterocycles. The molecule has 0 radical (unpaired) electrons. The number of benzene rings is 2. The lowest BCUT2D eigenvalue weighted by atomic mass is 9.84. The molecule has 0 fully saturated rings. The molecular weight excluding hydrogens is 334 g/mol. The number of halogens is 1. The molecule has 0 bridgehead atoms. The first-order valence-corrected chi connectivity index (χ1v) is 8.56. The van der Waals surface area contributed by atoms with Crippen molar-refractivity contribution in [1.82, 2.24) is 9.78 Å². The van der Waals surface area contributed by atoms with Crippen molar-refractivity contribution in [2.75, 3.05) is 4.90 Å². The summed E-state index contributed by atoms with van der Waals surface area (Å²) in [6.07, 6.45) is 3.41. The maximum Gasteiger partial charge on any atom is 0.260 e. The van der Waals surface area contributed by atoms with Gasteiger partial charge < -0.3 is 0 Å². The zero-order valence-corrected chi connectivity index (χ0v) is 14.8. The summed E-state index contributed by atoms with van der Waals surface area (Å²) >= 11 is 5.97. The maximum atomic E-state index is 13.4. The van der Waals surface area contributed by atoms with Crippen LogP contribution in [0.15, 0.2) is 67.0 Å². The Morgan fingerprint density at radius 3 is 2.48 bits per heavy atom. The third-order valence-corrected chi connectivity index (χ3v) is 5.09. The van der Waals surface area contributed by atoms with E-state index in [4.69, 9.17) is 11.6 Å². The Balaban J connectivity index is 1.88. The number of hydrogen-bond donors (Lipinski definition) is 0. The minimum Gasteiger partial charge on any atom is -0.284 e. The molecule has 0 N–H and O–H groups in total. The Hall–Kier alpha value is -2.59. The zero-order valence-electron chi connectivity index (χ0n) is 14.1. The first kappa shape index (κ1) is 15.9. The van der Waals surface area contributed by atoms with E-state index in [0.29, 0.717) is 10.6 Å². The van der Waals surface area contributed by atoms with Crippen molar-refractivity contribution < 1.29 is 4.79 Å². The Morgan fingerprint density at radius 2 is 1.80 bits per heavy atom. The van der Waals surface area contributed by atoms with Gasteiger partial charge in [-0.15, -0.1) is 0 Å². The Kier molecular flexibility index (Phi) is 3.65. The van der Waals surface area contributed by atoms with E-state index in [9.17, 15) is 4.79 Å². The minimum absolute atomic E-state index is 0.0600. The zero-order chi connectivity index (χ0) is 17.6. The molecular formula is C20H18ClN3O. The van der Waals surface area contributed by atoms with Gasteiger partial charge in [0, 0.05) is 28.4 Å². The van der Waals surface area contributed by atoms with Gasteiger partial charge in [-0.25, -0.2) is 4.68 Å². The second-order valence-electron chi connectivity index (χ2n) is 6.78. The van der Waals surface area contributed by atoms with Crippen LogP contribution in [-0.2, 0) is 5.41 Å². The molecule has 25 heavy (non-hydrogen) atoms. The third-order valence-electron chi connectivity index (χ3n) is 4.83. The first-order valence-electron chi connectivity index (χ1n) is 8.18. The van der Waals surface area contributed by atoms with Crippen LogP contribution in [0.25, 0.3) is 0 Å². The molecule has 0 saturated carbocycles. The summed E-state index contributed by atoms with van der Waals surface area (Å²) in [6, 6.07) is 16.9. The first-order chi connectivity index (χ1) is 12.0. The smallest absolute Gasteiger partial charge is 0.260 e. The number of fused-ring (bicyclic) bond motifs is 1. The fourth-order valence-corrected chi connectivity index (χ4v) is 3.77. The molecule has 2 aromatic carbocycles. The average Bonchev–Trinajstić information content (AvgIpc) is 3.20. The Morgan fingerprint density at radius 1 is 1.08 bits per heavy atom. The van der Waals surface area contributed by atoms with Gasteiger partial charge in [-0.1, -0.05) is 43.6 Å². The highest BCUT2D eigenvalue weighted by atomic mass is 35.5. The number of carbonyl (C=O) groups excluding carboxylic acids is 1. The van der Waals surface area contributed by atoms with Crippen LogP contribution >= 0.6 is 11.6 Å². The summed E-state index contributed by atoms with van der Waals surface area (Å²) in [4.78, 5) is 15.2. The van der Waals surface area contributed by atoms with Crippen molar-refractivity contribution in [1.29, 1.82) is 0 Å². The third kappa shape index (κ3) is 2.45. The van der Waals surface area contributed by atoms with Crippen LogP contribution in [0.2, 0.25) is 5.02 Å². The van der Waals surface area contributed by atoms with Crippen LogP contribution in [0, 0.1) is 0 Å². The van der Waals surface area contributed by atoms with Crippen molar-refractivity contribution in [3.8, 4) is 0 Å². The van der Waals surface area contributed by atoms with Crippen molar-refractivity contribution in [3.05, 3.63) is 83.1 Å². The van der Waals surface area contributed by atoms with E-state index in [1.807, 2.05) is 40.0 Å². The van der Waals surface area contributed by atoms with Gasteiger partial charge >= 0.3 is 0 Å². The van der Waals surface area contributed by atoms with Crippen LogP contribution in [0.5, 0.6) is 0 Å². The summed E-state index contributed by atoms with van der Waals surface area (Å²) in [7, 11) is 0. The lowest BCUT2D eigenvalue weighted by molar-refractivity contribution is 0.0953. The number of amides is 1. The second-order valence-corrected chi connectivity index (χ2v) is 7.22. The van der Waals surface area contributed by atoms with E-state index in [2.05, 4.69) is 25.0 Å². The van der Waals surface area contributed by atoms with E-state index in [0.717, 1.165) is 11.3 Å². The van der Waals surface area contributed by atoms with E-state index in [-0.39, 0.29) is 17.5 Å². The van der Waals surface area contributed by atoms with Crippen LogP contribution < -0.4 is 4.90 Å². The van der Waals surface area contributed by atoms with Crippen LogP contribution in [-0.4, -0.2) is 15.7 Å². The molecule has 3 aromatic rings. The normalized spacial score (nSPS) is 18.2. The van der Waals surface area contributed by atoms with Crippen molar-refractivity contribution in [2.45, 2.75) is 25.4 Å². The number of hydrogen-bond acceptors (Lipinski definition) is 2. The number of carbonyl (C=O) groups is 1. The molecule has 0 aliphatic carbocycles. The topological polar surface area (TPSA) is 38.1 Å². The molecule has 4 nitrogen and oxygen atoms in total. The average molecular weight is 352 g/mol. The minimum atomic E-state index is -0.273. The van der Waals surface area contributed by atoms with Gasteiger partial charge in [-0.2, -0.15) is 5.10 Å². The summed E-state index contributed by atoms with van der Waals surface area (Å²) in [5, 5.41) is 5.03. The van der Waals surface area contributed by atoms with Gasteiger partial charge in [0.1, 0.15) is 6.17 Å². The molecule has 5 heteroatoms. The van der Waals surface area contributed by atoms with E-state index in [1.165, 1.54) is 0 Å². The predicted octanol–water partition coefficient (Wildman–Crippen LogP) is 4.67. The highest BCUT2D eigenvalue weighted by Gasteiger charge is 2.48. The van der Waals surface area contributed by atoms with Gasteiger partial charge in [0.15, 0.2) is 0 Å². The second kappa shape index (κ2) is 5.74. The maximum absolute atomic E-state index is 13.4. The molecule has 2 heterocycles. The quantitative estimate of drug-likeness (QED) is 0.672. The Labute approximate surface area is 151 Å². The summed E-state index contributed by atoms with van der Waals surface area (Å²) in [5.41, 5.74) is 2.39. The van der Waals surface area contributed by atoms with Gasteiger partial charge in [0.25, 0.3) is 5.91 Å². The molecule has 4 rings (SSSR count). The van der Waals surface area contributed by atoms with Gasteiger partial charge in [-0.05, 0) is 42.0 Å². The molecule has 1 aliphatic heterocycles. The van der Waals surface area contributed by atoms with Gasteiger partial charge in [0.2, 0.25) is 0 Å². The molecule has 1 atom stereocenters. The SMILES string of the molecule is CC1(C)c2ccccc2N(C(=O)c2ccc(Cl)cc2)[C@@H]1n1cccn1. The fourth-order valence-electron chi connectivity index (χ4n) is 3.65. The molecule has 1 aliphatic rings. The predicted molar refractivity (Wildman–Crippen MR) is 99.0 cm³/mol. The summed E-state index contributed by atoms with van der Waals surface area (Å²) in [6.45, 7) is 4.29. The number of para-hydroxylation sites is 1. The fraction of sp³-hybridized carbons (Fsp3) is 0.200. The summed E-state index contributed by atoms with van der Waals surface area (Å²) in [5.74, 6) is -0.0600. The molecule has 0 saturated heterocycles. The van der Waals surface area contributed by atoms with E-state index in [1.54, 1.807) is 30.5 Å². The van der Waals surface area contributed by atoms with Crippen molar-refractivity contribution >= 4 is 23.2 Å². The number of rotatable bonds is 2. The van der Waals surface area contributed by atoms with Crippen LogP contribution in [0.3, 0.4) is 0 Å². The standard InChI is InChI=1S/C20H18ClN3O/c1-20(2)16-6-3-4-7-17(16)24(19(20)23-13-5-12-22-23)18(25)14-8-10-15(21)11-9-14/h3-13,19H,1-2H3/t19-/m0/s1. The van der Waals surface area contributed by atoms with Crippen molar-refractivity contribution in [3.63, 3.8) is 0 Å². The molecule has 0 spiro atoms. The largest absolute Gasteiger partial charge is 0.284 e. The van der Waals surface area contributed by atoms with Crippen LogP contribution in [0.1, 0.15) is 35.9 Å². The number of aromatic nitrogens is 2. The lowest BCUT2D eigenvalue weighted by Crippen LogP contribution is -2.41. The van der Waals surface area contributed by atoms with E-state index >= 15 is 0 Å². The highest BCUT2D eigenvalue weighted by molar-refractivity contribution is 6.30. The van der Waals surface area contributed by atoms with Gasteiger partial charge in [-0.3, -0.25) is 9.69 Å². The molecule has 0 unspecified atom stereocenters. The number of nitrogens with zero attached hydrogens (tertiary/aromatic N) is 3. The Bertz CT molecular complexity index is 916. The highest BCUT2D eigenvalue weighted by Crippen LogP contribution is 2.50. The van der Waals surface area contributed by atoms with Crippen LogP contribution in [0.4, 0.5) is 5.69 Å².